The standard InChI is InChI=1S/C24H31FN6O4S/c1-3-8-36-24-27-22(26-16-10-14(16)13-5-4-12(2)15(25)9-13)19-23(28-24)31(30-29-19)17-11-18(35-7-6-32)21(34)20(17)33/h4-5,9,14,16-18,20-21,32-34H,3,6-8,10-11H2,1-2H3,(H,26,27,28)/t14-,16+,17+,18-,20-,21+/m0/s1/i3D2,6D2,8D2,11D2,17D,18D,20D,21D. The molecule has 0 amide bonds. The third kappa shape index (κ3) is 4.92. The maximum Gasteiger partial charge on any atom is 0.191 e. The number of nitrogens with zero attached hydrogens (tertiary/aromatic N) is 5. The van der Waals surface area contributed by atoms with Crippen molar-refractivity contribution in [1.29, 1.82) is 0 Å². The molecular formula is C24H31FN6O4S. The molecule has 2 saturated carbocycles. The Morgan fingerprint density at radius 3 is 2.94 bits per heavy atom. The van der Waals surface area contributed by atoms with E-state index in [4.69, 9.17) is 21.2 Å². The summed E-state index contributed by atoms with van der Waals surface area (Å²) in [4.78, 5) is 8.34. The van der Waals surface area contributed by atoms with Gasteiger partial charge in [0.2, 0.25) is 0 Å². The van der Waals surface area contributed by atoms with Gasteiger partial charge < -0.3 is 25.4 Å². The first kappa shape index (κ1) is 14.5. The number of aliphatic hydroxyl groups is 3. The van der Waals surface area contributed by atoms with Gasteiger partial charge in [-0.2, -0.15) is 0 Å². The normalized spacial score (nSPS) is 43.3. The maximum atomic E-state index is 14.3. The lowest BCUT2D eigenvalue weighted by molar-refractivity contribution is -0.0629. The van der Waals surface area contributed by atoms with E-state index in [1.54, 1.807) is 19.1 Å². The van der Waals surface area contributed by atoms with Crippen molar-refractivity contribution in [2.24, 2.45) is 0 Å². The van der Waals surface area contributed by atoms with Gasteiger partial charge in [-0.25, -0.2) is 19.0 Å². The van der Waals surface area contributed by atoms with Crippen LogP contribution >= 0.6 is 11.8 Å². The van der Waals surface area contributed by atoms with Crippen LogP contribution in [0.15, 0.2) is 23.4 Å². The molecule has 2 aliphatic rings. The van der Waals surface area contributed by atoms with E-state index in [0.717, 1.165) is 6.92 Å². The zero-order valence-corrected chi connectivity index (χ0v) is 19.9. The minimum absolute atomic E-state index is 0.175. The van der Waals surface area contributed by atoms with Crippen molar-refractivity contribution in [1.82, 2.24) is 25.0 Å². The van der Waals surface area contributed by atoms with Crippen molar-refractivity contribution in [2.45, 2.75) is 74.4 Å². The number of halogens is 1. The van der Waals surface area contributed by atoms with E-state index >= 15 is 0 Å². The number of aryl methyl sites for hydroxylation is 1. The molecule has 2 fully saturated rings. The second kappa shape index (κ2) is 10.5. The smallest absolute Gasteiger partial charge is 0.191 e. The van der Waals surface area contributed by atoms with Crippen molar-refractivity contribution in [2.75, 3.05) is 24.2 Å². The molecule has 2 aliphatic carbocycles. The Morgan fingerprint density at radius 2 is 2.19 bits per heavy atom. The molecule has 0 spiro atoms. The molecule has 36 heavy (non-hydrogen) atoms. The van der Waals surface area contributed by atoms with Crippen LogP contribution in [-0.4, -0.2) is 83.4 Å². The fourth-order valence-corrected chi connectivity index (χ4v) is 4.20. The molecule has 0 aliphatic heterocycles. The predicted molar refractivity (Wildman–Crippen MR) is 133 cm³/mol. The minimum atomic E-state index is -4.07. The number of nitrogens with one attached hydrogen (secondary N) is 1. The van der Waals surface area contributed by atoms with Crippen molar-refractivity contribution in [3.05, 3.63) is 35.1 Å². The number of aromatic nitrogens is 5. The number of thioether (sulfide) groups is 1. The van der Waals surface area contributed by atoms with Crippen LogP contribution in [0.1, 0.15) is 65.6 Å². The van der Waals surface area contributed by atoms with Gasteiger partial charge in [-0.3, -0.25) is 0 Å². The molecule has 10 nitrogen and oxygen atoms in total. The number of rotatable bonds is 10. The van der Waals surface area contributed by atoms with Crippen LogP contribution < -0.4 is 5.32 Å². The molecule has 1 aromatic carbocycles. The monoisotopic (exact) mass is 530 g/mol. The highest BCUT2D eigenvalue weighted by Crippen LogP contribution is 2.44. The minimum Gasteiger partial charge on any atom is -0.394 e. The lowest BCUT2D eigenvalue weighted by atomic mass is 10.1. The Kier molecular flexibility index (Phi) is 4.25. The first-order chi connectivity index (χ1) is 21.6. The number of fused-ring (bicyclic) bond motifs is 1. The van der Waals surface area contributed by atoms with Crippen molar-refractivity contribution in [3.8, 4) is 0 Å². The summed E-state index contributed by atoms with van der Waals surface area (Å²) >= 11 is 0.190. The molecule has 2 aromatic heterocycles. The first-order valence-electron chi connectivity index (χ1n) is 16.8. The molecule has 12 heteroatoms. The van der Waals surface area contributed by atoms with E-state index in [1.807, 2.05) is 0 Å². The Hall–Kier alpha value is -2.38. The largest absolute Gasteiger partial charge is 0.394 e. The Labute approximate surface area is 229 Å². The van der Waals surface area contributed by atoms with Gasteiger partial charge in [-0.15, -0.1) is 5.10 Å². The number of hydrogen-bond acceptors (Lipinski definition) is 10. The van der Waals surface area contributed by atoms with Crippen molar-refractivity contribution >= 4 is 28.7 Å². The van der Waals surface area contributed by atoms with Gasteiger partial charge >= 0.3 is 0 Å². The van der Waals surface area contributed by atoms with Crippen LogP contribution in [0.5, 0.6) is 0 Å². The fraction of sp³-hybridized carbons (Fsp3) is 0.583. The number of benzene rings is 1. The molecule has 3 aromatic rings. The van der Waals surface area contributed by atoms with E-state index in [1.165, 1.54) is 6.07 Å². The summed E-state index contributed by atoms with van der Waals surface area (Å²) in [5.74, 6) is -0.849. The molecule has 0 saturated heterocycles. The molecule has 0 unspecified atom stereocenters. The van der Waals surface area contributed by atoms with Gasteiger partial charge in [0.1, 0.15) is 18.0 Å². The van der Waals surface area contributed by atoms with E-state index in [-0.39, 0.29) is 33.7 Å². The highest BCUT2D eigenvalue weighted by Gasteiger charge is 2.45. The molecular weight excluding hydrogens is 487 g/mol. The van der Waals surface area contributed by atoms with E-state index in [9.17, 15) is 19.7 Å². The van der Waals surface area contributed by atoms with Crippen LogP contribution in [0.4, 0.5) is 10.2 Å². The molecule has 6 atom stereocenters. The molecule has 2 heterocycles. The summed E-state index contributed by atoms with van der Waals surface area (Å²) in [7, 11) is 0. The second-order valence-electron chi connectivity index (χ2n) is 8.03. The lowest BCUT2D eigenvalue weighted by Crippen LogP contribution is -2.33. The van der Waals surface area contributed by atoms with Gasteiger partial charge in [0.05, 0.1) is 33.5 Å². The van der Waals surface area contributed by atoms with Gasteiger partial charge in [0.15, 0.2) is 22.1 Å². The first-order valence-corrected chi connectivity index (χ1v) is 11.6. The molecule has 0 radical (unpaired) electrons. The molecule has 194 valence electrons. The SMILES string of the molecule is [2H]C([2H])(O)CO[C@@]1([2H])C([2H])([2H])[C@@]([2H])(n2nnc3c(N[C@@H]4C[C@H]4c4ccc(C)c(F)c4)nc(SC([2H])([2H])C([2H])([2H])C)nc32)[C@]([2H])(O)[C@]1([2H])O. The highest BCUT2D eigenvalue weighted by atomic mass is 32.2. The summed E-state index contributed by atoms with van der Waals surface area (Å²) in [6, 6.07) is 0.541. The van der Waals surface area contributed by atoms with Crippen LogP contribution in [0, 0.1) is 12.7 Å². The summed E-state index contributed by atoms with van der Waals surface area (Å²) in [5, 5.41) is 41.8. The predicted octanol–water partition coefficient (Wildman–Crippen LogP) is 2.18. The van der Waals surface area contributed by atoms with Crippen LogP contribution in [0.3, 0.4) is 0 Å². The van der Waals surface area contributed by atoms with Crippen LogP contribution in [0.25, 0.3) is 11.2 Å². The third-order valence-electron chi connectivity index (χ3n) is 5.65. The fourth-order valence-electron chi connectivity index (χ4n) is 3.73. The summed E-state index contributed by atoms with van der Waals surface area (Å²) < 4.78 is 118. The van der Waals surface area contributed by atoms with Crippen LogP contribution in [0.2, 0.25) is 0 Å². The summed E-state index contributed by atoms with van der Waals surface area (Å²) in [6.45, 7) is -2.20. The number of ether oxygens (including phenoxy) is 1. The van der Waals surface area contributed by atoms with Gasteiger partial charge in [-0.05, 0) is 36.9 Å². The highest BCUT2D eigenvalue weighted by molar-refractivity contribution is 7.99. The molecule has 4 N–H and O–H groups in total. The topological polar surface area (TPSA) is 138 Å². The maximum absolute atomic E-state index is 14.3. The Morgan fingerprint density at radius 1 is 1.36 bits per heavy atom. The summed E-state index contributed by atoms with van der Waals surface area (Å²) in [5.41, 5.74) is -2.63. The number of anilines is 1. The Bertz CT molecular complexity index is 1760. The quantitative estimate of drug-likeness (QED) is 0.228. The third-order valence-corrected chi connectivity index (χ3v) is 6.32. The number of hydrogen-bond donors (Lipinski definition) is 4. The lowest BCUT2D eigenvalue weighted by Gasteiger charge is -2.17. The zero-order valence-electron chi connectivity index (χ0n) is 31.1. The van der Waals surface area contributed by atoms with Crippen molar-refractivity contribution in [3.63, 3.8) is 0 Å². The summed E-state index contributed by atoms with van der Waals surface area (Å²) in [6.07, 6.45) is -17.8. The average Bonchev–Trinajstić information content (AvgIpc) is 3.56. The zero-order chi connectivity index (χ0) is 36.3. The van der Waals surface area contributed by atoms with Crippen LogP contribution in [-0.2, 0) is 4.74 Å². The van der Waals surface area contributed by atoms with Gasteiger partial charge in [0.25, 0.3) is 0 Å². The molecule has 0 bridgehead atoms. The van der Waals surface area contributed by atoms with Gasteiger partial charge in [0, 0.05) is 32.3 Å². The molecule has 5 rings (SSSR count). The van der Waals surface area contributed by atoms with Gasteiger partial charge in [-0.1, -0.05) is 36.0 Å². The van der Waals surface area contributed by atoms with E-state index in [2.05, 4.69) is 25.6 Å². The van der Waals surface area contributed by atoms with Crippen molar-refractivity contribution < 1.29 is 40.9 Å². The van der Waals surface area contributed by atoms with E-state index < -0.39 is 78.5 Å². The second-order valence-corrected chi connectivity index (χ2v) is 8.80. The average molecular weight is 531 g/mol. The van der Waals surface area contributed by atoms with E-state index in [0.29, 0.717) is 17.5 Å². The Balaban J connectivity index is 1.66.